The van der Waals surface area contributed by atoms with E-state index in [4.69, 9.17) is 0 Å². The van der Waals surface area contributed by atoms with Gasteiger partial charge in [-0.1, -0.05) is 46.3 Å². The van der Waals surface area contributed by atoms with Gasteiger partial charge in [-0.05, 0) is 35.4 Å². The van der Waals surface area contributed by atoms with Gasteiger partial charge in [0.15, 0.2) is 5.69 Å². The highest BCUT2D eigenvalue weighted by molar-refractivity contribution is 9.10. The second-order valence-electron chi connectivity index (χ2n) is 5.20. The van der Waals surface area contributed by atoms with Gasteiger partial charge >= 0.3 is 0 Å². The molecule has 0 aliphatic rings. The molecule has 0 unspecified atom stereocenters. The van der Waals surface area contributed by atoms with Crippen molar-refractivity contribution in [1.82, 2.24) is 0 Å². The van der Waals surface area contributed by atoms with Crippen LogP contribution in [0.4, 0.5) is 0 Å². The van der Waals surface area contributed by atoms with Gasteiger partial charge in [0.05, 0.1) is 0 Å². The maximum absolute atomic E-state index is 3.50. The number of benzene rings is 2. The number of aromatic nitrogens is 1. The number of nitrogens with zero attached hydrogens (tertiary/aromatic N) is 1. The lowest BCUT2D eigenvalue weighted by Crippen LogP contribution is -2.34. The Balaban J connectivity index is 2.17. The predicted molar refractivity (Wildman–Crippen MR) is 90.9 cm³/mol. The molecule has 0 aliphatic carbocycles. The molecule has 0 saturated carbocycles. The normalized spacial score (nSPS) is 10.6. The van der Waals surface area contributed by atoms with Crippen LogP contribution in [0.15, 0.2) is 71.2 Å². The topological polar surface area (TPSA) is 3.88 Å². The summed E-state index contributed by atoms with van der Waals surface area (Å²) in [7, 11) is 2.11. The molecular formula is C19H17BrN+. The summed E-state index contributed by atoms with van der Waals surface area (Å²) in [6.45, 7) is 2.15. The molecule has 3 rings (SSSR count). The first-order chi connectivity index (χ1) is 10.1. The third kappa shape index (κ3) is 2.91. The number of halogens is 1. The van der Waals surface area contributed by atoms with Crippen molar-refractivity contribution < 1.29 is 4.57 Å². The average Bonchev–Trinajstić information content (AvgIpc) is 2.52. The van der Waals surface area contributed by atoms with Crippen LogP contribution in [-0.2, 0) is 7.05 Å². The first kappa shape index (κ1) is 14.0. The van der Waals surface area contributed by atoms with Crippen LogP contribution in [0, 0.1) is 6.92 Å². The zero-order valence-electron chi connectivity index (χ0n) is 12.2. The van der Waals surface area contributed by atoms with Gasteiger partial charge in [0, 0.05) is 29.1 Å². The van der Waals surface area contributed by atoms with Gasteiger partial charge in [0.25, 0.3) is 0 Å². The summed E-state index contributed by atoms with van der Waals surface area (Å²) in [6, 6.07) is 23.5. The van der Waals surface area contributed by atoms with Gasteiger partial charge in [-0.3, -0.25) is 0 Å². The van der Waals surface area contributed by atoms with Crippen LogP contribution < -0.4 is 4.57 Å². The zero-order valence-corrected chi connectivity index (χ0v) is 13.8. The average molecular weight is 339 g/mol. The first-order valence-electron chi connectivity index (χ1n) is 6.97. The number of pyridine rings is 1. The highest BCUT2D eigenvalue weighted by atomic mass is 79.9. The summed E-state index contributed by atoms with van der Waals surface area (Å²) in [5.74, 6) is 0. The van der Waals surface area contributed by atoms with E-state index in [-0.39, 0.29) is 0 Å². The molecule has 0 N–H and O–H groups in total. The minimum atomic E-state index is 1.10. The Hall–Kier alpha value is -1.93. The molecule has 3 aromatic rings. The molecule has 104 valence electrons. The van der Waals surface area contributed by atoms with E-state index in [9.17, 15) is 0 Å². The van der Waals surface area contributed by atoms with Crippen LogP contribution >= 0.6 is 15.9 Å². The molecule has 1 aromatic heterocycles. The van der Waals surface area contributed by atoms with E-state index in [0.29, 0.717) is 0 Å². The maximum Gasteiger partial charge on any atom is 0.213 e. The summed E-state index contributed by atoms with van der Waals surface area (Å²) < 4.78 is 3.33. The van der Waals surface area contributed by atoms with E-state index in [2.05, 4.69) is 101 Å². The molecular weight excluding hydrogens is 322 g/mol. The molecule has 0 saturated heterocycles. The van der Waals surface area contributed by atoms with Crippen molar-refractivity contribution in [1.29, 1.82) is 0 Å². The van der Waals surface area contributed by atoms with E-state index in [1.54, 1.807) is 0 Å². The van der Waals surface area contributed by atoms with Crippen molar-refractivity contribution in [3.63, 3.8) is 0 Å². The predicted octanol–water partition coefficient (Wildman–Crippen LogP) is 4.92. The quantitative estimate of drug-likeness (QED) is 0.584. The van der Waals surface area contributed by atoms with Gasteiger partial charge in [0.1, 0.15) is 7.05 Å². The Kier molecular flexibility index (Phi) is 3.89. The van der Waals surface area contributed by atoms with Gasteiger partial charge < -0.3 is 0 Å². The van der Waals surface area contributed by atoms with E-state index in [1.807, 2.05) is 0 Å². The first-order valence-corrected chi connectivity index (χ1v) is 7.76. The highest BCUT2D eigenvalue weighted by Gasteiger charge is 2.15. The molecule has 0 bridgehead atoms. The van der Waals surface area contributed by atoms with Gasteiger partial charge in [0.2, 0.25) is 5.69 Å². The van der Waals surface area contributed by atoms with Crippen LogP contribution in [-0.4, -0.2) is 0 Å². The van der Waals surface area contributed by atoms with Crippen LogP contribution in [0.2, 0.25) is 0 Å². The largest absolute Gasteiger partial charge is 0.213 e. The van der Waals surface area contributed by atoms with Crippen molar-refractivity contribution in [3.8, 4) is 22.4 Å². The lowest BCUT2D eigenvalue weighted by molar-refractivity contribution is -0.666. The minimum Gasteiger partial charge on any atom is -0.199 e. The standard InChI is InChI=1S/C19H17BrN/c1-14-12-17(15-6-4-3-5-7-15)13-19(21(14)2)16-8-10-18(20)11-9-16/h3-13H,1-2H3/q+1. The summed E-state index contributed by atoms with van der Waals surface area (Å²) in [4.78, 5) is 0. The van der Waals surface area contributed by atoms with E-state index >= 15 is 0 Å². The highest BCUT2D eigenvalue weighted by Crippen LogP contribution is 2.25. The zero-order chi connectivity index (χ0) is 14.8. The third-order valence-corrected chi connectivity index (χ3v) is 4.32. The number of rotatable bonds is 2. The molecule has 0 spiro atoms. The lowest BCUT2D eigenvalue weighted by Gasteiger charge is -2.07. The third-order valence-electron chi connectivity index (χ3n) is 3.79. The lowest BCUT2D eigenvalue weighted by atomic mass is 10.0. The second kappa shape index (κ2) is 5.82. The van der Waals surface area contributed by atoms with Crippen LogP contribution in [0.25, 0.3) is 22.4 Å². The van der Waals surface area contributed by atoms with E-state index in [1.165, 1.54) is 28.1 Å². The van der Waals surface area contributed by atoms with Crippen LogP contribution in [0.5, 0.6) is 0 Å². The van der Waals surface area contributed by atoms with E-state index < -0.39 is 0 Å². The second-order valence-corrected chi connectivity index (χ2v) is 6.12. The fourth-order valence-corrected chi connectivity index (χ4v) is 2.76. The van der Waals surface area contributed by atoms with Crippen LogP contribution in [0.1, 0.15) is 5.69 Å². The van der Waals surface area contributed by atoms with Gasteiger partial charge in [-0.25, -0.2) is 0 Å². The molecule has 0 fully saturated rings. The number of hydrogen-bond acceptors (Lipinski definition) is 0. The minimum absolute atomic E-state index is 1.10. The van der Waals surface area contributed by atoms with Crippen molar-refractivity contribution in [2.45, 2.75) is 6.92 Å². The van der Waals surface area contributed by atoms with Crippen molar-refractivity contribution in [2.24, 2.45) is 7.05 Å². The molecule has 0 aliphatic heterocycles. The monoisotopic (exact) mass is 338 g/mol. The van der Waals surface area contributed by atoms with Gasteiger partial charge in [-0.15, -0.1) is 0 Å². The molecule has 0 atom stereocenters. The number of aryl methyl sites for hydroxylation is 1. The summed E-state index contributed by atoms with van der Waals surface area (Å²) >= 11 is 3.50. The Morgan fingerprint density at radius 2 is 1.43 bits per heavy atom. The SMILES string of the molecule is Cc1cc(-c2ccccc2)cc(-c2ccc(Br)cc2)[n+]1C. The summed E-state index contributed by atoms with van der Waals surface area (Å²) in [6.07, 6.45) is 0. The smallest absolute Gasteiger partial charge is 0.199 e. The van der Waals surface area contributed by atoms with Crippen LogP contribution in [0.3, 0.4) is 0 Å². The van der Waals surface area contributed by atoms with Crippen molar-refractivity contribution in [3.05, 3.63) is 76.9 Å². The number of hydrogen-bond donors (Lipinski definition) is 0. The van der Waals surface area contributed by atoms with Gasteiger partial charge in [-0.2, -0.15) is 4.57 Å². The molecule has 21 heavy (non-hydrogen) atoms. The summed E-state index contributed by atoms with van der Waals surface area (Å²) in [5, 5.41) is 0. The Morgan fingerprint density at radius 1 is 0.762 bits per heavy atom. The molecule has 1 heterocycles. The maximum atomic E-state index is 3.50. The van der Waals surface area contributed by atoms with Crippen molar-refractivity contribution >= 4 is 15.9 Å². The fourth-order valence-electron chi connectivity index (χ4n) is 2.49. The Bertz CT molecular complexity index is 762. The molecule has 0 amide bonds. The molecule has 0 radical (unpaired) electrons. The fraction of sp³-hybridized carbons (Fsp3) is 0.105. The molecule has 2 heteroatoms. The van der Waals surface area contributed by atoms with E-state index in [0.717, 1.165) is 4.47 Å². The molecule has 2 aromatic carbocycles. The Labute approximate surface area is 134 Å². The Morgan fingerprint density at radius 3 is 2.10 bits per heavy atom. The molecule has 1 nitrogen and oxygen atoms in total. The van der Waals surface area contributed by atoms with Crippen molar-refractivity contribution in [2.75, 3.05) is 0 Å². The summed E-state index contributed by atoms with van der Waals surface area (Å²) in [5.41, 5.74) is 6.20.